The van der Waals surface area contributed by atoms with Crippen molar-refractivity contribution in [2.24, 2.45) is 5.41 Å². The molecule has 3 aromatic rings. The van der Waals surface area contributed by atoms with E-state index in [1.807, 2.05) is 37.6 Å². The van der Waals surface area contributed by atoms with Crippen LogP contribution in [0.3, 0.4) is 0 Å². The lowest BCUT2D eigenvalue weighted by Gasteiger charge is -2.34. The number of anilines is 2. The fourth-order valence-electron chi connectivity index (χ4n) is 3.00. The zero-order valence-corrected chi connectivity index (χ0v) is 18.0. The van der Waals surface area contributed by atoms with Crippen LogP contribution in [0.25, 0.3) is 10.6 Å². The molecule has 1 aliphatic rings. The van der Waals surface area contributed by atoms with E-state index in [4.69, 9.17) is 4.74 Å². The molecule has 6 nitrogen and oxygen atoms in total. The molecule has 2 amide bonds. The van der Waals surface area contributed by atoms with Gasteiger partial charge < -0.3 is 15.0 Å². The lowest BCUT2D eigenvalue weighted by Crippen LogP contribution is -2.44. The van der Waals surface area contributed by atoms with Crippen LogP contribution >= 0.6 is 22.7 Å². The third kappa shape index (κ3) is 4.04. The molecule has 0 radical (unpaired) electrons. The second-order valence-corrected chi connectivity index (χ2v) is 9.54. The third-order valence-electron chi connectivity index (χ3n) is 4.46. The van der Waals surface area contributed by atoms with Gasteiger partial charge >= 0.3 is 0 Å². The van der Waals surface area contributed by atoms with Crippen LogP contribution in [0, 0.1) is 5.41 Å². The first-order valence-corrected chi connectivity index (χ1v) is 11.0. The lowest BCUT2D eigenvalue weighted by atomic mass is 9.94. The number of fused-ring (bicyclic) bond motifs is 1. The molecule has 0 bridgehead atoms. The first-order valence-electron chi connectivity index (χ1n) is 9.21. The fourth-order valence-corrected chi connectivity index (χ4v) is 4.53. The molecule has 3 heterocycles. The van der Waals surface area contributed by atoms with Gasteiger partial charge in [0.25, 0.3) is 5.91 Å². The smallest absolute Gasteiger partial charge is 0.267 e. The molecule has 0 spiro atoms. The maximum Gasteiger partial charge on any atom is 0.267 e. The van der Waals surface area contributed by atoms with Crippen molar-refractivity contribution >= 4 is 45.9 Å². The summed E-state index contributed by atoms with van der Waals surface area (Å²) in [6, 6.07) is 7.34. The molecule has 0 saturated carbocycles. The van der Waals surface area contributed by atoms with Gasteiger partial charge in [-0.15, -0.1) is 11.3 Å². The highest BCUT2D eigenvalue weighted by atomic mass is 32.1. The molecule has 0 fully saturated rings. The Morgan fingerprint density at radius 3 is 2.79 bits per heavy atom. The number of nitrogens with zero attached hydrogens (tertiary/aromatic N) is 2. The summed E-state index contributed by atoms with van der Waals surface area (Å²) in [5.74, 6) is 0.437. The maximum atomic E-state index is 12.8. The van der Waals surface area contributed by atoms with E-state index < -0.39 is 5.41 Å². The van der Waals surface area contributed by atoms with Crippen LogP contribution in [0.2, 0.25) is 0 Å². The summed E-state index contributed by atoms with van der Waals surface area (Å²) in [7, 11) is 0. The maximum absolute atomic E-state index is 12.8. The van der Waals surface area contributed by atoms with Crippen molar-refractivity contribution in [3.63, 3.8) is 0 Å². The second kappa shape index (κ2) is 7.61. The van der Waals surface area contributed by atoms with Crippen LogP contribution in [0.4, 0.5) is 11.4 Å². The Hall–Kier alpha value is -2.71. The summed E-state index contributed by atoms with van der Waals surface area (Å²) in [6.07, 6.45) is 1.59. The number of carbonyl (C=O) groups excluding carboxylic acids is 2. The lowest BCUT2D eigenvalue weighted by molar-refractivity contribution is -0.126. The van der Waals surface area contributed by atoms with Gasteiger partial charge in [0.2, 0.25) is 5.91 Å². The summed E-state index contributed by atoms with van der Waals surface area (Å²) < 4.78 is 5.69. The monoisotopic (exact) mass is 427 g/mol. The second-order valence-electron chi connectivity index (χ2n) is 7.73. The Morgan fingerprint density at radius 2 is 2.07 bits per heavy atom. The van der Waals surface area contributed by atoms with Crippen LogP contribution in [0.5, 0.6) is 5.75 Å². The van der Waals surface area contributed by atoms with E-state index in [2.05, 4.69) is 10.3 Å². The van der Waals surface area contributed by atoms with Gasteiger partial charge in [-0.1, -0.05) is 20.8 Å². The molecule has 4 rings (SSSR count). The SMILES string of the molecule is CC(C)(C)C(=O)N1CCOc2ccc(NC(=O)c3cnc(-c4ccsc4)s3)cc21. The van der Waals surface area contributed by atoms with Gasteiger partial charge in [0.15, 0.2) is 0 Å². The molecular formula is C21H21N3O3S2. The van der Waals surface area contributed by atoms with E-state index >= 15 is 0 Å². The van der Waals surface area contributed by atoms with E-state index in [1.54, 1.807) is 40.6 Å². The number of aromatic nitrogens is 1. The Labute approximate surface area is 177 Å². The standard InChI is InChI=1S/C21H21N3O3S2/c1-21(2,3)20(26)24-7-8-27-16-5-4-14(10-15(16)24)23-18(25)17-11-22-19(29-17)13-6-9-28-12-13/h4-6,9-12H,7-8H2,1-3H3,(H,23,25). The molecule has 29 heavy (non-hydrogen) atoms. The molecule has 0 saturated heterocycles. The number of carbonyl (C=O) groups is 2. The van der Waals surface area contributed by atoms with Gasteiger partial charge in [-0.25, -0.2) is 4.98 Å². The van der Waals surface area contributed by atoms with Gasteiger partial charge in [0.1, 0.15) is 22.2 Å². The number of rotatable bonds is 3. The van der Waals surface area contributed by atoms with Gasteiger partial charge in [-0.05, 0) is 29.6 Å². The number of thiophene rings is 1. The molecule has 1 aromatic carbocycles. The van der Waals surface area contributed by atoms with Gasteiger partial charge in [-0.3, -0.25) is 9.59 Å². The van der Waals surface area contributed by atoms with Crippen molar-refractivity contribution in [1.82, 2.24) is 4.98 Å². The van der Waals surface area contributed by atoms with E-state index in [0.29, 0.717) is 35.2 Å². The predicted molar refractivity (Wildman–Crippen MR) is 117 cm³/mol. The van der Waals surface area contributed by atoms with Gasteiger partial charge in [-0.2, -0.15) is 11.3 Å². The van der Waals surface area contributed by atoms with Crippen molar-refractivity contribution in [2.45, 2.75) is 20.8 Å². The average Bonchev–Trinajstić information content (AvgIpc) is 3.37. The minimum atomic E-state index is -0.505. The summed E-state index contributed by atoms with van der Waals surface area (Å²) in [6.45, 7) is 6.62. The topological polar surface area (TPSA) is 71.5 Å². The predicted octanol–water partition coefficient (Wildman–Crippen LogP) is 4.90. The van der Waals surface area contributed by atoms with Crippen LogP contribution in [-0.2, 0) is 4.79 Å². The minimum absolute atomic E-state index is 0.0217. The average molecular weight is 428 g/mol. The Morgan fingerprint density at radius 1 is 1.24 bits per heavy atom. The number of hydrogen-bond acceptors (Lipinski definition) is 6. The van der Waals surface area contributed by atoms with Crippen LogP contribution in [0.1, 0.15) is 30.4 Å². The first kappa shape index (κ1) is 19.6. The Balaban J connectivity index is 1.56. The van der Waals surface area contributed by atoms with Crippen molar-refractivity contribution in [2.75, 3.05) is 23.4 Å². The molecule has 0 unspecified atom stereocenters. The molecule has 150 valence electrons. The van der Waals surface area contributed by atoms with E-state index in [-0.39, 0.29) is 11.8 Å². The quantitative estimate of drug-likeness (QED) is 0.646. The summed E-state index contributed by atoms with van der Waals surface area (Å²) >= 11 is 2.94. The van der Waals surface area contributed by atoms with Gasteiger partial charge in [0, 0.05) is 22.0 Å². The van der Waals surface area contributed by atoms with Crippen molar-refractivity contribution in [3.05, 3.63) is 46.1 Å². The van der Waals surface area contributed by atoms with Crippen LogP contribution in [0.15, 0.2) is 41.2 Å². The third-order valence-corrected chi connectivity index (χ3v) is 6.19. The molecule has 1 N–H and O–H groups in total. The molecule has 1 aliphatic heterocycles. The van der Waals surface area contributed by atoms with Crippen molar-refractivity contribution < 1.29 is 14.3 Å². The molecule has 0 atom stereocenters. The number of amides is 2. The highest BCUT2D eigenvalue weighted by Crippen LogP contribution is 2.36. The molecule has 0 aliphatic carbocycles. The fraction of sp³-hybridized carbons (Fsp3) is 0.286. The Kier molecular flexibility index (Phi) is 5.14. The highest BCUT2D eigenvalue weighted by molar-refractivity contribution is 7.17. The number of thiazole rings is 1. The molecule has 2 aromatic heterocycles. The highest BCUT2D eigenvalue weighted by Gasteiger charge is 2.32. The van der Waals surface area contributed by atoms with E-state index in [1.165, 1.54) is 11.3 Å². The summed E-state index contributed by atoms with van der Waals surface area (Å²) in [4.78, 5) is 32.1. The number of nitrogens with one attached hydrogen (secondary N) is 1. The van der Waals surface area contributed by atoms with Crippen molar-refractivity contribution in [3.8, 4) is 16.3 Å². The minimum Gasteiger partial charge on any atom is -0.490 e. The zero-order valence-electron chi connectivity index (χ0n) is 16.4. The summed E-state index contributed by atoms with van der Waals surface area (Å²) in [5.41, 5.74) is 1.80. The normalized spacial score (nSPS) is 13.6. The number of ether oxygens (including phenoxy) is 1. The van der Waals surface area contributed by atoms with Crippen LogP contribution in [-0.4, -0.2) is 29.9 Å². The first-order chi connectivity index (χ1) is 13.8. The molecular weight excluding hydrogens is 406 g/mol. The Bertz CT molecular complexity index is 1050. The summed E-state index contributed by atoms with van der Waals surface area (Å²) in [5, 5.41) is 7.71. The molecule has 8 heteroatoms. The van der Waals surface area contributed by atoms with E-state index in [0.717, 1.165) is 10.6 Å². The number of benzene rings is 1. The largest absolute Gasteiger partial charge is 0.490 e. The van der Waals surface area contributed by atoms with Crippen molar-refractivity contribution in [1.29, 1.82) is 0 Å². The van der Waals surface area contributed by atoms with E-state index in [9.17, 15) is 9.59 Å². The van der Waals surface area contributed by atoms with Crippen LogP contribution < -0.4 is 15.0 Å². The van der Waals surface area contributed by atoms with Gasteiger partial charge in [0.05, 0.1) is 18.4 Å². The zero-order chi connectivity index (χ0) is 20.6. The number of hydrogen-bond donors (Lipinski definition) is 1.